The molecule has 1 aromatic carbocycles. The second kappa shape index (κ2) is 4.32. The quantitative estimate of drug-likeness (QED) is 0.552. The van der Waals surface area contributed by atoms with Gasteiger partial charge >= 0.3 is 5.82 Å². The Morgan fingerprint density at radius 3 is 2.74 bits per heavy atom. The number of ether oxygens (including phenoxy) is 1. The van der Waals surface area contributed by atoms with E-state index in [1.54, 1.807) is 0 Å². The maximum absolute atomic E-state index is 6.16. The summed E-state index contributed by atoms with van der Waals surface area (Å²) >= 11 is 0. The zero-order valence-electron chi connectivity index (χ0n) is 14.6. The Bertz CT molecular complexity index is 784. The Hall–Kier alpha value is -1.94. The first kappa shape index (κ1) is 14.6. The molecule has 120 valence electrons. The molecule has 0 aliphatic carbocycles. The molecule has 1 aromatic heterocycles. The molecule has 2 aromatic rings. The second-order valence-corrected chi connectivity index (χ2v) is 7.92. The van der Waals surface area contributed by atoms with Gasteiger partial charge in [0.25, 0.3) is 0 Å². The second-order valence-electron chi connectivity index (χ2n) is 7.92. The first-order valence-electron chi connectivity index (χ1n) is 8.24. The Balaban J connectivity index is 2.08. The minimum absolute atomic E-state index is 0.0473. The zero-order chi connectivity index (χ0) is 16.5. The van der Waals surface area contributed by atoms with Crippen molar-refractivity contribution >= 4 is 5.82 Å². The van der Waals surface area contributed by atoms with Gasteiger partial charge in [0.15, 0.2) is 17.9 Å². The largest absolute Gasteiger partial charge is 0.492 e. The van der Waals surface area contributed by atoms with Crippen molar-refractivity contribution in [2.45, 2.75) is 31.8 Å². The van der Waals surface area contributed by atoms with Gasteiger partial charge in [-0.05, 0) is 19.1 Å². The SMILES string of the molecule is CC1(C)C2COc3ccccc3C2(C)[N+](C)(C)c2cncc[n+]21. The number of hydrogen-bond acceptors (Lipinski definition) is 2. The maximum Gasteiger partial charge on any atom is 0.388 e. The number of fused-ring (bicyclic) bond motifs is 4. The lowest BCUT2D eigenvalue weighted by atomic mass is 9.65. The topological polar surface area (TPSA) is 26.0 Å². The van der Waals surface area contributed by atoms with Crippen LogP contribution in [0.15, 0.2) is 42.9 Å². The van der Waals surface area contributed by atoms with Crippen molar-refractivity contribution in [2.24, 2.45) is 5.92 Å². The molecule has 3 heterocycles. The zero-order valence-corrected chi connectivity index (χ0v) is 14.6. The molecule has 0 N–H and O–H groups in total. The molecule has 0 saturated carbocycles. The van der Waals surface area contributed by atoms with Crippen LogP contribution in [0.5, 0.6) is 5.75 Å². The fourth-order valence-corrected chi connectivity index (χ4v) is 4.78. The van der Waals surface area contributed by atoms with Gasteiger partial charge in [0.05, 0.1) is 25.9 Å². The van der Waals surface area contributed by atoms with E-state index in [0.717, 1.165) is 16.8 Å². The molecule has 0 spiro atoms. The molecule has 4 heteroatoms. The molecule has 4 nitrogen and oxygen atoms in total. The maximum atomic E-state index is 6.16. The number of hydrogen-bond donors (Lipinski definition) is 0. The molecular formula is C19H25N3O+2. The molecule has 2 unspecified atom stereocenters. The van der Waals surface area contributed by atoms with E-state index in [4.69, 9.17) is 4.74 Å². The Kier molecular flexibility index (Phi) is 2.75. The first-order chi connectivity index (χ1) is 10.8. The van der Waals surface area contributed by atoms with Crippen molar-refractivity contribution in [2.75, 3.05) is 20.7 Å². The lowest BCUT2D eigenvalue weighted by Gasteiger charge is -2.56. The fourth-order valence-electron chi connectivity index (χ4n) is 4.78. The van der Waals surface area contributed by atoms with Crippen LogP contribution in [0.25, 0.3) is 0 Å². The Morgan fingerprint density at radius 1 is 1.22 bits per heavy atom. The molecule has 0 saturated heterocycles. The summed E-state index contributed by atoms with van der Waals surface area (Å²) in [6, 6.07) is 8.49. The smallest absolute Gasteiger partial charge is 0.388 e. The summed E-state index contributed by atoms with van der Waals surface area (Å²) in [4.78, 5) is 4.42. The van der Waals surface area contributed by atoms with Crippen LogP contribution in [0.2, 0.25) is 0 Å². The molecule has 0 amide bonds. The predicted molar refractivity (Wildman–Crippen MR) is 90.2 cm³/mol. The molecule has 2 aliphatic heterocycles. The van der Waals surface area contributed by atoms with Gasteiger partial charge in [0.2, 0.25) is 0 Å². The third-order valence-electron chi connectivity index (χ3n) is 6.46. The lowest BCUT2D eigenvalue weighted by molar-refractivity contribution is -0.772. The average molecular weight is 311 g/mol. The summed E-state index contributed by atoms with van der Waals surface area (Å²) in [5.74, 6) is 2.61. The van der Waals surface area contributed by atoms with Crippen molar-refractivity contribution in [3.05, 3.63) is 48.4 Å². The van der Waals surface area contributed by atoms with E-state index in [2.05, 4.69) is 74.9 Å². The van der Waals surface area contributed by atoms with Crippen LogP contribution in [-0.4, -0.2) is 25.7 Å². The van der Waals surface area contributed by atoms with E-state index < -0.39 is 0 Å². The average Bonchev–Trinajstić information content (AvgIpc) is 2.54. The van der Waals surface area contributed by atoms with Crippen molar-refractivity contribution in [3.63, 3.8) is 0 Å². The van der Waals surface area contributed by atoms with Gasteiger partial charge in [-0.25, -0.2) is 9.47 Å². The van der Waals surface area contributed by atoms with Gasteiger partial charge in [-0.15, -0.1) is 4.57 Å². The van der Waals surface area contributed by atoms with Crippen molar-refractivity contribution in [3.8, 4) is 5.75 Å². The highest BCUT2D eigenvalue weighted by atomic mass is 16.5. The number of aromatic nitrogens is 2. The minimum Gasteiger partial charge on any atom is -0.492 e. The van der Waals surface area contributed by atoms with Crippen molar-refractivity contribution < 1.29 is 9.30 Å². The third kappa shape index (κ3) is 1.59. The molecule has 4 rings (SSSR count). The third-order valence-corrected chi connectivity index (χ3v) is 6.46. The normalized spacial score (nSPS) is 29.7. The molecule has 0 radical (unpaired) electrons. The summed E-state index contributed by atoms with van der Waals surface area (Å²) < 4.78 is 9.30. The lowest BCUT2D eigenvalue weighted by Crippen LogP contribution is -2.79. The molecule has 2 atom stereocenters. The van der Waals surface area contributed by atoms with Gasteiger partial charge in [0.1, 0.15) is 23.8 Å². The summed E-state index contributed by atoms with van der Waals surface area (Å²) in [6.07, 6.45) is 6.00. The minimum atomic E-state index is -0.0681. The predicted octanol–water partition coefficient (Wildman–Crippen LogP) is 2.61. The van der Waals surface area contributed by atoms with Gasteiger partial charge in [-0.1, -0.05) is 12.1 Å². The highest BCUT2D eigenvalue weighted by Crippen LogP contribution is 2.54. The Labute approximate surface area is 137 Å². The highest BCUT2D eigenvalue weighted by Gasteiger charge is 2.68. The van der Waals surface area contributed by atoms with Crippen molar-refractivity contribution in [1.82, 2.24) is 9.47 Å². The van der Waals surface area contributed by atoms with Gasteiger partial charge in [-0.3, -0.25) is 0 Å². The standard InChI is InChI=1S/C19H25N3O/c1-18(2)16-13-23-15-9-7-6-8-14(15)19(16,3)22(4,5)17-12-20-10-11-21(17)18/h6-12,16H,13H2,1-5H3/q+2. The number of rotatable bonds is 0. The van der Waals surface area contributed by atoms with Crippen LogP contribution >= 0.6 is 0 Å². The summed E-state index contributed by atoms with van der Waals surface area (Å²) in [5.41, 5.74) is 1.18. The van der Waals surface area contributed by atoms with E-state index in [0.29, 0.717) is 5.92 Å². The highest BCUT2D eigenvalue weighted by molar-refractivity contribution is 5.47. The summed E-state index contributed by atoms with van der Waals surface area (Å²) in [6.45, 7) is 7.75. The molecule has 0 fully saturated rings. The van der Waals surface area contributed by atoms with Crippen LogP contribution in [-0.2, 0) is 11.1 Å². The van der Waals surface area contributed by atoms with Crippen LogP contribution in [0.4, 0.5) is 5.82 Å². The molecule has 2 aliphatic rings. The van der Waals surface area contributed by atoms with E-state index in [-0.39, 0.29) is 11.1 Å². The van der Waals surface area contributed by atoms with Gasteiger partial charge in [0, 0.05) is 13.8 Å². The van der Waals surface area contributed by atoms with Crippen LogP contribution in [0.3, 0.4) is 0 Å². The van der Waals surface area contributed by atoms with Crippen molar-refractivity contribution in [1.29, 1.82) is 0 Å². The van der Waals surface area contributed by atoms with E-state index >= 15 is 0 Å². The van der Waals surface area contributed by atoms with E-state index in [9.17, 15) is 0 Å². The number of para-hydroxylation sites is 1. The van der Waals surface area contributed by atoms with Gasteiger partial charge < -0.3 is 4.74 Å². The summed E-state index contributed by atoms with van der Waals surface area (Å²) in [7, 11) is 4.58. The number of quaternary nitrogens is 1. The van der Waals surface area contributed by atoms with Gasteiger partial charge in [-0.2, -0.15) is 0 Å². The molecule has 0 bridgehead atoms. The van der Waals surface area contributed by atoms with Crippen LogP contribution < -0.4 is 13.8 Å². The Morgan fingerprint density at radius 2 is 1.96 bits per heavy atom. The van der Waals surface area contributed by atoms with E-state index in [1.807, 2.05) is 12.4 Å². The van der Waals surface area contributed by atoms with E-state index in [1.165, 1.54) is 11.4 Å². The van der Waals surface area contributed by atoms with Crippen LogP contribution in [0, 0.1) is 5.92 Å². The number of benzene rings is 1. The monoisotopic (exact) mass is 311 g/mol. The fraction of sp³-hybridized carbons (Fsp3) is 0.474. The molecular weight excluding hydrogens is 286 g/mol. The first-order valence-corrected chi connectivity index (χ1v) is 8.24. The summed E-state index contributed by atoms with van der Waals surface area (Å²) in [5, 5.41) is 0. The van der Waals surface area contributed by atoms with Crippen LogP contribution in [0.1, 0.15) is 26.3 Å². The number of nitrogens with zero attached hydrogens (tertiary/aromatic N) is 3. The molecule has 23 heavy (non-hydrogen) atoms.